The summed E-state index contributed by atoms with van der Waals surface area (Å²) in [6.07, 6.45) is 1.96. The van der Waals surface area contributed by atoms with Crippen LogP contribution in [0.4, 0.5) is 10.1 Å². The molecule has 0 N–H and O–H groups in total. The number of nitrogens with zero attached hydrogens (tertiary/aromatic N) is 2. The summed E-state index contributed by atoms with van der Waals surface area (Å²) < 4.78 is 12.7. The van der Waals surface area contributed by atoms with Crippen LogP contribution in [0.15, 0.2) is 29.3 Å². The van der Waals surface area contributed by atoms with Crippen molar-refractivity contribution in [2.24, 2.45) is 4.99 Å². The summed E-state index contributed by atoms with van der Waals surface area (Å²) in [5.41, 5.74) is 0.932. The van der Waals surface area contributed by atoms with E-state index in [4.69, 9.17) is 0 Å². The van der Waals surface area contributed by atoms with Crippen LogP contribution < -0.4 is 4.90 Å². The molecule has 0 aliphatic heterocycles. The van der Waals surface area contributed by atoms with E-state index >= 15 is 0 Å². The first-order valence-electron chi connectivity index (χ1n) is 4.19. The van der Waals surface area contributed by atoms with Gasteiger partial charge in [0.2, 0.25) is 0 Å². The van der Waals surface area contributed by atoms with Gasteiger partial charge in [-0.2, -0.15) is 0 Å². The normalized spacial score (nSPS) is 11.6. The third-order valence-electron chi connectivity index (χ3n) is 1.87. The summed E-state index contributed by atoms with van der Waals surface area (Å²) >= 11 is 1.56. The Hall–Kier alpha value is -1.03. The van der Waals surface area contributed by atoms with Crippen LogP contribution in [0.1, 0.15) is 0 Å². The quantitative estimate of drug-likeness (QED) is 0.525. The molecule has 0 heterocycles. The van der Waals surface area contributed by atoms with Gasteiger partial charge in [-0.25, -0.2) is 4.39 Å². The van der Waals surface area contributed by atoms with E-state index in [0.29, 0.717) is 0 Å². The Morgan fingerprint density at radius 1 is 1.36 bits per heavy atom. The predicted molar refractivity (Wildman–Crippen MR) is 61.7 cm³/mol. The average molecular weight is 212 g/mol. The molecule has 0 radical (unpaired) electrons. The van der Waals surface area contributed by atoms with Gasteiger partial charge in [0.1, 0.15) is 5.82 Å². The van der Waals surface area contributed by atoms with Crippen molar-refractivity contribution in [3.63, 3.8) is 0 Å². The van der Waals surface area contributed by atoms with Gasteiger partial charge >= 0.3 is 0 Å². The Balaban J connectivity index is 2.89. The average Bonchev–Trinajstić information content (AvgIpc) is 2.20. The maximum Gasteiger partial charge on any atom is 0.162 e. The van der Waals surface area contributed by atoms with Gasteiger partial charge < -0.3 is 4.90 Å². The molecule has 0 fully saturated rings. The van der Waals surface area contributed by atoms with Crippen LogP contribution in [0.25, 0.3) is 0 Å². The number of anilines is 1. The molecule has 14 heavy (non-hydrogen) atoms. The zero-order valence-electron chi connectivity index (χ0n) is 8.49. The van der Waals surface area contributed by atoms with E-state index in [-0.39, 0.29) is 5.82 Å². The molecule has 0 unspecified atom stereocenters. The first kappa shape index (κ1) is 11.0. The second kappa shape index (κ2) is 5.00. The highest BCUT2D eigenvalue weighted by atomic mass is 32.2. The summed E-state index contributed by atoms with van der Waals surface area (Å²) in [4.78, 5) is 6.04. The van der Waals surface area contributed by atoms with E-state index in [1.165, 1.54) is 12.1 Å². The molecule has 0 aromatic heterocycles. The van der Waals surface area contributed by atoms with Crippen molar-refractivity contribution in [1.82, 2.24) is 0 Å². The SMILES string of the molecule is CN=C(SC)N(C)c1ccc(F)cc1. The highest BCUT2D eigenvalue weighted by Gasteiger charge is 2.06. The van der Waals surface area contributed by atoms with E-state index in [1.807, 2.05) is 18.2 Å². The number of halogens is 1. The van der Waals surface area contributed by atoms with E-state index in [9.17, 15) is 4.39 Å². The van der Waals surface area contributed by atoms with E-state index < -0.39 is 0 Å². The lowest BCUT2D eigenvalue weighted by atomic mass is 10.3. The van der Waals surface area contributed by atoms with Crippen LogP contribution in [0, 0.1) is 5.82 Å². The smallest absolute Gasteiger partial charge is 0.162 e. The molecule has 0 bridgehead atoms. The van der Waals surface area contributed by atoms with Crippen molar-refractivity contribution in [2.45, 2.75) is 0 Å². The van der Waals surface area contributed by atoms with Crippen LogP contribution in [-0.2, 0) is 0 Å². The molecule has 76 valence electrons. The van der Waals surface area contributed by atoms with Crippen LogP contribution in [0.5, 0.6) is 0 Å². The first-order chi connectivity index (χ1) is 6.69. The van der Waals surface area contributed by atoms with Gasteiger partial charge in [0, 0.05) is 19.8 Å². The number of rotatable bonds is 1. The number of hydrogen-bond donors (Lipinski definition) is 0. The molecule has 0 aliphatic rings. The lowest BCUT2D eigenvalue weighted by Crippen LogP contribution is -2.22. The molecule has 0 aliphatic carbocycles. The zero-order valence-corrected chi connectivity index (χ0v) is 9.31. The molecule has 0 saturated carbocycles. The van der Waals surface area contributed by atoms with E-state index in [0.717, 1.165) is 10.9 Å². The first-order valence-corrected chi connectivity index (χ1v) is 5.41. The molecule has 0 atom stereocenters. The van der Waals surface area contributed by atoms with Crippen LogP contribution in [0.3, 0.4) is 0 Å². The van der Waals surface area contributed by atoms with Crippen molar-refractivity contribution in [1.29, 1.82) is 0 Å². The standard InChI is InChI=1S/C10H13FN2S/c1-12-10(14-3)13(2)9-6-4-8(11)5-7-9/h4-7H,1-3H3. The number of benzene rings is 1. The third-order valence-corrected chi connectivity index (χ3v) is 2.70. The maximum atomic E-state index is 12.7. The molecule has 0 amide bonds. The molecular weight excluding hydrogens is 199 g/mol. The van der Waals surface area contributed by atoms with Crippen molar-refractivity contribution < 1.29 is 4.39 Å². The second-order valence-electron chi connectivity index (χ2n) is 2.75. The molecule has 1 rings (SSSR count). The number of amidine groups is 1. The lowest BCUT2D eigenvalue weighted by Gasteiger charge is -2.19. The summed E-state index contributed by atoms with van der Waals surface area (Å²) in [5.74, 6) is -0.221. The second-order valence-corrected chi connectivity index (χ2v) is 3.52. The fraction of sp³-hybridized carbons (Fsp3) is 0.300. The molecule has 1 aromatic carbocycles. The topological polar surface area (TPSA) is 15.6 Å². The van der Waals surface area contributed by atoms with Crippen molar-refractivity contribution in [3.8, 4) is 0 Å². The summed E-state index contributed by atoms with van der Waals surface area (Å²) in [7, 11) is 3.65. The molecule has 2 nitrogen and oxygen atoms in total. The highest BCUT2D eigenvalue weighted by Crippen LogP contribution is 2.16. The Bertz CT molecular complexity index is 321. The van der Waals surface area contributed by atoms with Crippen LogP contribution in [-0.4, -0.2) is 25.5 Å². The minimum atomic E-state index is -0.221. The lowest BCUT2D eigenvalue weighted by molar-refractivity contribution is 0.628. The Labute approximate surface area is 87.8 Å². The number of hydrogen-bond acceptors (Lipinski definition) is 2. The van der Waals surface area contributed by atoms with Gasteiger partial charge in [-0.05, 0) is 30.5 Å². The minimum absolute atomic E-state index is 0.221. The molecule has 4 heteroatoms. The molecule has 1 aromatic rings. The minimum Gasteiger partial charge on any atom is -0.324 e. The number of thioether (sulfide) groups is 1. The number of aliphatic imine (C=N–C) groups is 1. The summed E-state index contributed by atoms with van der Waals surface area (Å²) in [5, 5.41) is 0.900. The Morgan fingerprint density at radius 2 is 1.93 bits per heavy atom. The molecule has 0 spiro atoms. The van der Waals surface area contributed by atoms with Crippen LogP contribution in [0.2, 0.25) is 0 Å². The zero-order chi connectivity index (χ0) is 10.6. The van der Waals surface area contributed by atoms with Crippen LogP contribution >= 0.6 is 11.8 Å². The predicted octanol–water partition coefficient (Wildman–Crippen LogP) is 2.61. The third kappa shape index (κ3) is 2.48. The molecular formula is C10H13FN2S. The van der Waals surface area contributed by atoms with Gasteiger partial charge in [-0.3, -0.25) is 4.99 Å². The van der Waals surface area contributed by atoms with Crippen molar-refractivity contribution in [3.05, 3.63) is 30.1 Å². The van der Waals surface area contributed by atoms with Gasteiger partial charge in [-0.1, -0.05) is 11.8 Å². The Kier molecular flexibility index (Phi) is 3.95. The van der Waals surface area contributed by atoms with Crippen molar-refractivity contribution in [2.75, 3.05) is 25.3 Å². The van der Waals surface area contributed by atoms with Gasteiger partial charge in [0.05, 0.1) is 0 Å². The fourth-order valence-electron chi connectivity index (χ4n) is 1.15. The van der Waals surface area contributed by atoms with E-state index in [2.05, 4.69) is 4.99 Å². The largest absolute Gasteiger partial charge is 0.324 e. The van der Waals surface area contributed by atoms with Gasteiger partial charge in [0.15, 0.2) is 5.17 Å². The monoisotopic (exact) mass is 212 g/mol. The van der Waals surface area contributed by atoms with E-state index in [1.54, 1.807) is 30.9 Å². The van der Waals surface area contributed by atoms with Gasteiger partial charge in [-0.15, -0.1) is 0 Å². The fourth-order valence-corrected chi connectivity index (χ4v) is 1.72. The highest BCUT2D eigenvalue weighted by molar-refractivity contribution is 8.13. The van der Waals surface area contributed by atoms with Gasteiger partial charge in [0.25, 0.3) is 0 Å². The molecule has 0 saturated heterocycles. The Morgan fingerprint density at radius 3 is 2.36 bits per heavy atom. The summed E-state index contributed by atoms with van der Waals surface area (Å²) in [6, 6.07) is 6.35. The van der Waals surface area contributed by atoms with Crippen molar-refractivity contribution >= 4 is 22.6 Å². The summed E-state index contributed by atoms with van der Waals surface area (Å²) in [6.45, 7) is 0. The maximum absolute atomic E-state index is 12.7.